The number of hydrogen-bond donors (Lipinski definition) is 2. The maximum atomic E-state index is 12.8. The minimum atomic E-state index is -0.972. The Bertz CT molecular complexity index is 1000. The second-order valence-electron chi connectivity index (χ2n) is 6.74. The summed E-state index contributed by atoms with van der Waals surface area (Å²) in [5.74, 6) is -1.13. The number of carboxylic acids is 1. The summed E-state index contributed by atoms with van der Waals surface area (Å²) in [4.78, 5) is 26.5. The quantitative estimate of drug-likeness (QED) is 0.540. The number of thiophene rings is 1. The molecule has 3 rings (SSSR count). The van der Waals surface area contributed by atoms with Crippen LogP contribution >= 0.6 is 22.9 Å². The lowest BCUT2D eigenvalue weighted by Gasteiger charge is -2.21. The molecular formula is C22H21ClN2O3S. The smallest absolute Gasteiger partial charge is 0.335 e. The Morgan fingerprint density at radius 3 is 2.38 bits per heavy atom. The number of carboxylic acid groups (broad SMARTS) is 1. The number of hydrogen-bond acceptors (Lipinski definition) is 4. The van der Waals surface area contributed by atoms with E-state index in [-0.39, 0.29) is 17.5 Å². The largest absolute Gasteiger partial charge is 0.478 e. The highest BCUT2D eigenvalue weighted by Gasteiger charge is 2.19. The van der Waals surface area contributed by atoms with Gasteiger partial charge < -0.3 is 15.3 Å². The van der Waals surface area contributed by atoms with Crippen molar-refractivity contribution in [2.75, 3.05) is 11.9 Å². The Morgan fingerprint density at radius 2 is 1.76 bits per heavy atom. The molecule has 1 atom stereocenters. The molecule has 0 spiro atoms. The van der Waals surface area contributed by atoms with E-state index in [9.17, 15) is 9.59 Å². The van der Waals surface area contributed by atoms with E-state index in [1.54, 1.807) is 12.1 Å². The summed E-state index contributed by atoms with van der Waals surface area (Å²) >= 11 is 7.33. The van der Waals surface area contributed by atoms with Gasteiger partial charge in [-0.25, -0.2) is 4.79 Å². The number of rotatable bonds is 7. The molecule has 2 N–H and O–H groups in total. The lowest BCUT2D eigenvalue weighted by Crippen LogP contribution is -2.28. The molecule has 0 aliphatic carbocycles. The van der Waals surface area contributed by atoms with Crippen molar-refractivity contribution >= 4 is 40.5 Å². The zero-order chi connectivity index (χ0) is 21.0. The number of benzene rings is 2. The molecule has 0 radical (unpaired) electrons. The second kappa shape index (κ2) is 9.11. The van der Waals surface area contributed by atoms with Crippen molar-refractivity contribution in [2.24, 2.45) is 0 Å². The Kier molecular flexibility index (Phi) is 6.56. The summed E-state index contributed by atoms with van der Waals surface area (Å²) < 4.78 is 0. The summed E-state index contributed by atoms with van der Waals surface area (Å²) in [5.41, 5.74) is 3.02. The molecule has 0 bridgehead atoms. The number of halogens is 1. The predicted molar refractivity (Wildman–Crippen MR) is 117 cm³/mol. The first-order valence-corrected chi connectivity index (χ1v) is 10.3. The minimum absolute atomic E-state index is 0.159. The lowest BCUT2D eigenvalue weighted by atomic mass is 10.1. The highest BCUT2D eigenvalue weighted by molar-refractivity contribution is 7.12. The molecule has 29 heavy (non-hydrogen) atoms. The Labute approximate surface area is 178 Å². The van der Waals surface area contributed by atoms with Crippen LogP contribution in [0.3, 0.4) is 0 Å². The SMILES string of the molecule is C[C@H](NC(=O)c1sccc1N(C)Cc1ccc(Cl)cc1)c1ccc(C(=O)O)cc1. The third kappa shape index (κ3) is 5.16. The molecule has 0 aliphatic heterocycles. The lowest BCUT2D eigenvalue weighted by molar-refractivity contribution is 0.0696. The van der Waals surface area contributed by atoms with Gasteiger partial charge in [0.05, 0.1) is 17.3 Å². The summed E-state index contributed by atoms with van der Waals surface area (Å²) in [6, 6.07) is 15.8. The third-order valence-corrected chi connectivity index (χ3v) is 5.75. The van der Waals surface area contributed by atoms with E-state index < -0.39 is 5.97 Å². The predicted octanol–water partition coefficient (Wildman–Crippen LogP) is 5.23. The van der Waals surface area contributed by atoms with Crippen molar-refractivity contribution in [1.29, 1.82) is 0 Å². The maximum Gasteiger partial charge on any atom is 0.335 e. The first kappa shape index (κ1) is 20.9. The van der Waals surface area contributed by atoms with E-state index in [0.717, 1.165) is 16.8 Å². The molecule has 0 aliphatic rings. The van der Waals surface area contributed by atoms with Crippen molar-refractivity contribution in [3.05, 3.63) is 86.6 Å². The van der Waals surface area contributed by atoms with Crippen LogP contribution in [0.2, 0.25) is 5.02 Å². The van der Waals surface area contributed by atoms with Gasteiger partial charge in [-0.1, -0.05) is 35.9 Å². The molecular weight excluding hydrogens is 408 g/mol. The first-order valence-electron chi connectivity index (χ1n) is 9.02. The van der Waals surface area contributed by atoms with Crippen molar-refractivity contribution in [3.63, 3.8) is 0 Å². The topological polar surface area (TPSA) is 69.6 Å². The minimum Gasteiger partial charge on any atom is -0.478 e. The van der Waals surface area contributed by atoms with Gasteiger partial charge in [0, 0.05) is 18.6 Å². The fourth-order valence-electron chi connectivity index (χ4n) is 2.98. The molecule has 0 saturated heterocycles. The Morgan fingerprint density at radius 1 is 1.10 bits per heavy atom. The van der Waals surface area contributed by atoms with Gasteiger partial charge in [0.15, 0.2) is 0 Å². The zero-order valence-corrected chi connectivity index (χ0v) is 17.6. The molecule has 1 amide bonds. The van der Waals surface area contributed by atoms with Gasteiger partial charge in [-0.2, -0.15) is 0 Å². The fourth-order valence-corrected chi connectivity index (χ4v) is 3.95. The molecule has 150 valence electrons. The average Bonchev–Trinajstić information content (AvgIpc) is 3.20. The first-order chi connectivity index (χ1) is 13.8. The standard InChI is InChI=1S/C22H21ClN2O3S/c1-14(16-5-7-17(8-6-16)22(27)28)24-21(26)20-19(11-12-29-20)25(2)13-15-3-9-18(23)10-4-15/h3-12,14H,13H2,1-2H3,(H,24,26)(H,27,28)/t14-/m0/s1. The highest BCUT2D eigenvalue weighted by atomic mass is 35.5. The molecule has 0 fully saturated rings. The molecule has 5 nitrogen and oxygen atoms in total. The van der Waals surface area contributed by atoms with Crippen LogP contribution in [0.5, 0.6) is 0 Å². The van der Waals surface area contributed by atoms with Gasteiger partial charge in [-0.05, 0) is 53.8 Å². The maximum absolute atomic E-state index is 12.8. The molecule has 0 saturated carbocycles. The molecule has 1 aromatic heterocycles. The van der Waals surface area contributed by atoms with Gasteiger partial charge in [0.25, 0.3) is 5.91 Å². The Balaban J connectivity index is 1.69. The van der Waals surface area contributed by atoms with Crippen LogP contribution in [0, 0.1) is 0 Å². The van der Waals surface area contributed by atoms with Crippen molar-refractivity contribution < 1.29 is 14.7 Å². The molecule has 7 heteroatoms. The van der Waals surface area contributed by atoms with Gasteiger partial charge in [0.2, 0.25) is 0 Å². The second-order valence-corrected chi connectivity index (χ2v) is 8.09. The van der Waals surface area contributed by atoms with E-state index in [2.05, 4.69) is 5.32 Å². The molecule has 0 unspecified atom stereocenters. The monoisotopic (exact) mass is 428 g/mol. The van der Waals surface area contributed by atoms with Crippen molar-refractivity contribution in [1.82, 2.24) is 5.32 Å². The van der Waals surface area contributed by atoms with Crippen LogP contribution in [-0.2, 0) is 6.54 Å². The van der Waals surface area contributed by atoms with Crippen molar-refractivity contribution in [2.45, 2.75) is 19.5 Å². The number of anilines is 1. The third-order valence-electron chi connectivity index (χ3n) is 4.60. The van der Waals surface area contributed by atoms with E-state index in [4.69, 9.17) is 16.7 Å². The van der Waals surface area contributed by atoms with Crippen LogP contribution in [0.1, 0.15) is 44.1 Å². The normalized spacial score (nSPS) is 11.7. The number of nitrogens with one attached hydrogen (secondary N) is 1. The van der Waals surface area contributed by atoms with Gasteiger partial charge in [-0.15, -0.1) is 11.3 Å². The van der Waals surface area contributed by atoms with Gasteiger partial charge in [-0.3, -0.25) is 4.79 Å². The highest BCUT2D eigenvalue weighted by Crippen LogP contribution is 2.28. The fraction of sp³-hybridized carbons (Fsp3) is 0.182. The summed E-state index contributed by atoms with van der Waals surface area (Å²) in [6.45, 7) is 2.53. The Hall–Kier alpha value is -2.83. The van der Waals surface area contributed by atoms with Crippen LogP contribution in [0.15, 0.2) is 60.0 Å². The molecule has 1 heterocycles. The van der Waals surface area contributed by atoms with Crippen LogP contribution in [0.25, 0.3) is 0 Å². The van der Waals surface area contributed by atoms with Crippen LogP contribution < -0.4 is 10.2 Å². The van der Waals surface area contributed by atoms with E-state index in [1.165, 1.54) is 23.5 Å². The number of amides is 1. The van der Waals surface area contributed by atoms with Gasteiger partial charge >= 0.3 is 5.97 Å². The number of aromatic carboxylic acids is 1. The van der Waals surface area contributed by atoms with Crippen LogP contribution in [-0.4, -0.2) is 24.0 Å². The number of nitrogens with zero attached hydrogens (tertiary/aromatic N) is 1. The summed E-state index contributed by atoms with van der Waals surface area (Å²) in [6.07, 6.45) is 0. The van der Waals surface area contributed by atoms with E-state index in [0.29, 0.717) is 16.4 Å². The van der Waals surface area contributed by atoms with E-state index >= 15 is 0 Å². The van der Waals surface area contributed by atoms with Crippen LogP contribution in [0.4, 0.5) is 5.69 Å². The summed E-state index contributed by atoms with van der Waals surface area (Å²) in [5, 5.41) is 14.6. The van der Waals surface area contributed by atoms with Gasteiger partial charge in [0.1, 0.15) is 4.88 Å². The molecule has 3 aromatic rings. The molecule has 2 aromatic carbocycles. The van der Waals surface area contributed by atoms with Crippen molar-refractivity contribution in [3.8, 4) is 0 Å². The van der Waals surface area contributed by atoms with E-state index in [1.807, 2.05) is 54.6 Å². The average molecular weight is 429 g/mol. The summed E-state index contributed by atoms with van der Waals surface area (Å²) in [7, 11) is 1.95. The number of carbonyl (C=O) groups is 2. The zero-order valence-electron chi connectivity index (χ0n) is 16.1. The number of carbonyl (C=O) groups excluding carboxylic acids is 1.